The zero-order valence-electron chi connectivity index (χ0n) is 16.6. The molecule has 1 N–H and O–H groups in total. The lowest BCUT2D eigenvalue weighted by Crippen LogP contribution is -2.15. The van der Waals surface area contributed by atoms with Gasteiger partial charge in [-0.3, -0.25) is 4.79 Å². The molecule has 0 bridgehead atoms. The average Bonchev–Trinajstić information content (AvgIpc) is 2.75. The van der Waals surface area contributed by atoms with Crippen LogP contribution in [-0.4, -0.2) is 35.8 Å². The normalized spacial score (nSPS) is 10.4. The molecule has 0 atom stereocenters. The summed E-state index contributed by atoms with van der Waals surface area (Å²) in [6, 6.07) is 10.8. The molecule has 9 heteroatoms. The van der Waals surface area contributed by atoms with Crippen molar-refractivity contribution in [1.82, 2.24) is 9.97 Å². The van der Waals surface area contributed by atoms with Crippen LogP contribution in [0.2, 0.25) is 5.02 Å². The van der Waals surface area contributed by atoms with E-state index in [-0.39, 0.29) is 11.7 Å². The second kappa shape index (κ2) is 10.2. The van der Waals surface area contributed by atoms with Crippen LogP contribution < -0.4 is 19.5 Å². The molecular formula is C21H20ClN3O4S. The van der Waals surface area contributed by atoms with Crippen LogP contribution in [0.1, 0.15) is 5.56 Å². The molecule has 0 aliphatic rings. The Bertz CT molecular complexity index is 1050. The number of methoxy groups -OCH3 is 2. The van der Waals surface area contributed by atoms with Crippen LogP contribution in [0.25, 0.3) is 0 Å². The van der Waals surface area contributed by atoms with E-state index in [9.17, 15) is 4.79 Å². The van der Waals surface area contributed by atoms with Gasteiger partial charge in [-0.2, -0.15) is 0 Å². The Morgan fingerprint density at radius 1 is 1.07 bits per heavy atom. The van der Waals surface area contributed by atoms with E-state index in [1.807, 2.05) is 31.2 Å². The molecule has 3 aromatic rings. The Morgan fingerprint density at radius 2 is 1.80 bits per heavy atom. The number of hydrogen-bond donors (Lipinski definition) is 1. The zero-order valence-corrected chi connectivity index (χ0v) is 18.2. The van der Waals surface area contributed by atoms with Crippen molar-refractivity contribution in [3.05, 3.63) is 59.4 Å². The first-order chi connectivity index (χ1) is 14.5. The number of amides is 1. The summed E-state index contributed by atoms with van der Waals surface area (Å²) < 4.78 is 16.4. The van der Waals surface area contributed by atoms with Gasteiger partial charge in [0.25, 0.3) is 5.88 Å². The number of carbonyl (C=O) groups excluding carboxylic acids is 1. The molecule has 0 radical (unpaired) electrons. The molecule has 1 amide bonds. The maximum Gasteiger partial charge on any atom is 0.252 e. The van der Waals surface area contributed by atoms with Gasteiger partial charge in [0, 0.05) is 18.5 Å². The highest BCUT2D eigenvalue weighted by Crippen LogP contribution is 2.36. The summed E-state index contributed by atoms with van der Waals surface area (Å²) >= 11 is 7.37. The first kappa shape index (κ1) is 21.7. The Kier molecular flexibility index (Phi) is 7.37. The maximum atomic E-state index is 12.5. The average molecular weight is 446 g/mol. The molecule has 0 saturated carbocycles. The SMILES string of the molecule is COc1cc(OC)c(NC(=O)CSc2nccnc2Oc2ccccc2C)cc1Cl. The van der Waals surface area contributed by atoms with Crippen LogP contribution in [0, 0.1) is 6.92 Å². The number of rotatable bonds is 8. The van der Waals surface area contributed by atoms with E-state index >= 15 is 0 Å². The summed E-state index contributed by atoms with van der Waals surface area (Å²) in [5.74, 6) is 1.76. The molecule has 0 spiro atoms. The number of hydrogen-bond acceptors (Lipinski definition) is 7. The predicted molar refractivity (Wildman–Crippen MR) is 117 cm³/mol. The molecule has 0 aliphatic carbocycles. The summed E-state index contributed by atoms with van der Waals surface area (Å²) in [7, 11) is 3.01. The summed E-state index contributed by atoms with van der Waals surface area (Å²) in [6.07, 6.45) is 3.10. The number of anilines is 1. The number of aromatic nitrogens is 2. The van der Waals surface area contributed by atoms with Crippen molar-refractivity contribution in [2.45, 2.75) is 11.9 Å². The fraction of sp³-hybridized carbons (Fsp3) is 0.190. The number of nitrogens with zero attached hydrogens (tertiary/aromatic N) is 2. The molecule has 0 aliphatic heterocycles. The minimum Gasteiger partial charge on any atom is -0.495 e. The van der Waals surface area contributed by atoms with E-state index < -0.39 is 0 Å². The zero-order chi connectivity index (χ0) is 21.5. The number of ether oxygens (including phenoxy) is 3. The molecule has 1 heterocycles. The van der Waals surface area contributed by atoms with Crippen LogP contribution in [0.15, 0.2) is 53.8 Å². The summed E-state index contributed by atoms with van der Waals surface area (Å²) in [5, 5.41) is 3.66. The fourth-order valence-corrected chi connectivity index (χ4v) is 3.47. The topological polar surface area (TPSA) is 82.6 Å². The smallest absolute Gasteiger partial charge is 0.252 e. The van der Waals surface area contributed by atoms with Gasteiger partial charge in [-0.25, -0.2) is 9.97 Å². The highest BCUT2D eigenvalue weighted by Gasteiger charge is 2.15. The van der Waals surface area contributed by atoms with E-state index in [0.717, 1.165) is 5.56 Å². The van der Waals surface area contributed by atoms with Gasteiger partial charge in [-0.15, -0.1) is 0 Å². The van der Waals surface area contributed by atoms with Crippen molar-refractivity contribution in [2.75, 3.05) is 25.3 Å². The summed E-state index contributed by atoms with van der Waals surface area (Å²) in [6.45, 7) is 1.94. The van der Waals surface area contributed by atoms with Gasteiger partial charge in [0.15, 0.2) is 5.03 Å². The Hall–Kier alpha value is -2.97. The van der Waals surface area contributed by atoms with Crippen molar-refractivity contribution in [2.24, 2.45) is 0 Å². The van der Waals surface area contributed by atoms with Gasteiger partial charge in [0.2, 0.25) is 5.91 Å². The Morgan fingerprint density at radius 3 is 2.53 bits per heavy atom. The molecule has 7 nitrogen and oxygen atoms in total. The quantitative estimate of drug-likeness (QED) is 0.489. The molecular weight excluding hydrogens is 426 g/mol. The minimum atomic E-state index is -0.257. The maximum absolute atomic E-state index is 12.5. The summed E-state index contributed by atoms with van der Waals surface area (Å²) in [5.41, 5.74) is 1.42. The van der Waals surface area contributed by atoms with Crippen molar-refractivity contribution in [3.63, 3.8) is 0 Å². The molecule has 0 unspecified atom stereocenters. The van der Waals surface area contributed by atoms with Crippen molar-refractivity contribution >= 4 is 35.0 Å². The number of aryl methyl sites for hydroxylation is 1. The van der Waals surface area contributed by atoms with E-state index in [0.29, 0.717) is 38.9 Å². The van der Waals surface area contributed by atoms with Gasteiger partial charge in [-0.05, 0) is 24.6 Å². The standard InChI is InChI=1S/C21H20ClN3O4S/c1-13-6-4-5-7-16(13)29-20-21(24-9-8-23-20)30-12-19(26)25-15-10-14(22)17(27-2)11-18(15)28-3/h4-11H,12H2,1-3H3,(H,25,26). The molecule has 156 valence electrons. The van der Waals surface area contributed by atoms with Gasteiger partial charge in [-0.1, -0.05) is 41.6 Å². The van der Waals surface area contributed by atoms with Crippen molar-refractivity contribution < 1.29 is 19.0 Å². The van der Waals surface area contributed by atoms with Crippen molar-refractivity contribution in [3.8, 4) is 23.1 Å². The van der Waals surface area contributed by atoms with Gasteiger partial charge >= 0.3 is 0 Å². The third-order valence-electron chi connectivity index (χ3n) is 4.02. The first-order valence-electron chi connectivity index (χ1n) is 8.90. The lowest BCUT2D eigenvalue weighted by Gasteiger charge is -2.13. The number of thioether (sulfide) groups is 1. The summed E-state index contributed by atoms with van der Waals surface area (Å²) in [4.78, 5) is 21.0. The van der Waals surface area contributed by atoms with E-state index in [1.54, 1.807) is 24.5 Å². The number of benzene rings is 2. The van der Waals surface area contributed by atoms with Gasteiger partial charge < -0.3 is 19.5 Å². The minimum absolute atomic E-state index is 0.0929. The lowest BCUT2D eigenvalue weighted by atomic mass is 10.2. The number of para-hydroxylation sites is 1. The third kappa shape index (κ3) is 5.34. The largest absolute Gasteiger partial charge is 0.495 e. The van der Waals surface area contributed by atoms with Crippen LogP contribution in [0.5, 0.6) is 23.1 Å². The second-order valence-electron chi connectivity index (χ2n) is 6.06. The van der Waals surface area contributed by atoms with E-state index in [4.69, 9.17) is 25.8 Å². The van der Waals surface area contributed by atoms with Crippen LogP contribution in [-0.2, 0) is 4.79 Å². The lowest BCUT2D eigenvalue weighted by molar-refractivity contribution is -0.113. The number of carbonyl (C=O) groups is 1. The van der Waals surface area contributed by atoms with E-state index in [1.165, 1.54) is 26.0 Å². The van der Waals surface area contributed by atoms with Crippen molar-refractivity contribution in [1.29, 1.82) is 0 Å². The van der Waals surface area contributed by atoms with E-state index in [2.05, 4.69) is 15.3 Å². The number of nitrogens with one attached hydrogen (secondary N) is 1. The highest BCUT2D eigenvalue weighted by molar-refractivity contribution is 8.00. The second-order valence-corrected chi connectivity index (χ2v) is 7.43. The van der Waals surface area contributed by atoms with Crippen LogP contribution in [0.4, 0.5) is 5.69 Å². The molecule has 0 fully saturated rings. The van der Waals surface area contributed by atoms with Gasteiger partial charge in [0.05, 0.1) is 30.7 Å². The van der Waals surface area contributed by atoms with Gasteiger partial charge in [0.1, 0.15) is 17.2 Å². The Balaban J connectivity index is 1.69. The molecule has 2 aromatic carbocycles. The monoisotopic (exact) mass is 445 g/mol. The molecule has 1 aromatic heterocycles. The molecule has 0 saturated heterocycles. The van der Waals surface area contributed by atoms with Crippen LogP contribution >= 0.6 is 23.4 Å². The third-order valence-corrected chi connectivity index (χ3v) is 5.28. The predicted octanol–water partition coefficient (Wildman–Crippen LogP) is 4.98. The first-order valence-corrected chi connectivity index (χ1v) is 10.3. The molecule has 30 heavy (non-hydrogen) atoms. The molecule has 3 rings (SSSR count). The number of halogens is 1. The fourth-order valence-electron chi connectivity index (χ4n) is 2.53. The highest BCUT2D eigenvalue weighted by atomic mass is 35.5. The van der Waals surface area contributed by atoms with Crippen LogP contribution in [0.3, 0.4) is 0 Å². The Labute approximate surface area is 183 Å².